The van der Waals surface area contributed by atoms with E-state index in [1.165, 1.54) is 61.4 Å². The van der Waals surface area contributed by atoms with Crippen molar-refractivity contribution in [2.45, 2.75) is 67.9 Å². The van der Waals surface area contributed by atoms with E-state index in [1.54, 1.807) is 0 Å². The Kier molecular flexibility index (Phi) is 6.92. The van der Waals surface area contributed by atoms with E-state index in [-0.39, 0.29) is 11.5 Å². The predicted molar refractivity (Wildman–Crippen MR) is 189 cm³/mol. The molecule has 4 nitrogen and oxygen atoms in total. The Labute approximate surface area is 266 Å². The lowest BCUT2D eigenvalue weighted by Crippen LogP contribution is -2.29. The van der Waals surface area contributed by atoms with Gasteiger partial charge in [-0.15, -0.1) is 0 Å². The number of benzene rings is 2. The molecule has 8 bridgehead atoms. The van der Waals surface area contributed by atoms with Gasteiger partial charge < -0.3 is 9.97 Å². The number of nitrogens with zero attached hydrogens (tertiary/aromatic N) is 2. The molecule has 7 rings (SSSR count). The van der Waals surface area contributed by atoms with Crippen molar-refractivity contribution in [3.8, 4) is 0 Å². The van der Waals surface area contributed by atoms with Crippen LogP contribution in [0.25, 0.3) is 17.7 Å². The second-order valence-corrected chi connectivity index (χ2v) is 13.5. The third-order valence-corrected chi connectivity index (χ3v) is 10.6. The summed E-state index contributed by atoms with van der Waals surface area (Å²) < 4.78 is 0. The zero-order valence-corrected chi connectivity index (χ0v) is 27.7. The smallest absolute Gasteiger partial charge is 0.0691 e. The Bertz CT molecular complexity index is 2100. The molecular formula is C41H42N4. The van der Waals surface area contributed by atoms with E-state index < -0.39 is 0 Å². The summed E-state index contributed by atoms with van der Waals surface area (Å²) in [5.41, 5.74) is 17.6. The zero-order valence-electron chi connectivity index (χ0n) is 27.7. The number of fused-ring (bicyclic) bond motifs is 6. The SMILES string of the molecule is CC1=C(C)/C2=C/C3=NC(Cc4[nH]c(c(C)c4C)/C=c4\[nH]c(c(C)c4C)=CC1=N2)C(C)(C)C3=C(c1ccccc1)c1ccccc1. The number of allylic oxidation sites excluding steroid dienone is 3. The van der Waals surface area contributed by atoms with Gasteiger partial charge in [0.2, 0.25) is 0 Å². The molecule has 0 amide bonds. The highest BCUT2D eigenvalue weighted by atomic mass is 14.9. The van der Waals surface area contributed by atoms with E-state index >= 15 is 0 Å². The van der Waals surface area contributed by atoms with E-state index in [2.05, 4.69) is 144 Å². The van der Waals surface area contributed by atoms with E-state index in [1.807, 2.05) is 0 Å². The number of aromatic nitrogens is 2. The number of nitrogens with one attached hydrogen (secondary N) is 2. The lowest BCUT2D eigenvalue weighted by atomic mass is 9.72. The predicted octanol–water partition coefficient (Wildman–Crippen LogP) is 7.77. The normalized spacial score (nSPS) is 20.6. The van der Waals surface area contributed by atoms with Crippen molar-refractivity contribution in [3.63, 3.8) is 0 Å². The lowest BCUT2D eigenvalue weighted by Gasteiger charge is -2.30. The van der Waals surface area contributed by atoms with Crippen molar-refractivity contribution in [3.05, 3.63) is 145 Å². The van der Waals surface area contributed by atoms with Crippen molar-refractivity contribution in [2.75, 3.05) is 0 Å². The van der Waals surface area contributed by atoms with Crippen molar-refractivity contribution >= 4 is 29.1 Å². The third-order valence-electron chi connectivity index (χ3n) is 10.6. The average Bonchev–Trinajstić information content (AvgIpc) is 3.64. The Hall–Kier alpha value is -4.70. The molecule has 4 heteroatoms. The quantitative estimate of drug-likeness (QED) is 0.240. The van der Waals surface area contributed by atoms with Crippen LogP contribution in [0.4, 0.5) is 0 Å². The maximum absolute atomic E-state index is 5.59. The van der Waals surface area contributed by atoms with Crippen molar-refractivity contribution in [1.82, 2.24) is 9.97 Å². The minimum Gasteiger partial charge on any atom is -0.358 e. The Morgan fingerprint density at radius 2 is 1.27 bits per heavy atom. The molecule has 0 saturated heterocycles. The minimum absolute atomic E-state index is 0.0437. The fraction of sp³-hybridized carbons (Fsp3) is 0.268. The first-order valence-electron chi connectivity index (χ1n) is 16.0. The molecule has 3 aliphatic rings. The summed E-state index contributed by atoms with van der Waals surface area (Å²) in [6, 6.07) is 21.7. The highest BCUT2D eigenvalue weighted by Crippen LogP contribution is 2.47. The summed E-state index contributed by atoms with van der Waals surface area (Å²) in [6.45, 7) is 18.0. The van der Waals surface area contributed by atoms with Gasteiger partial charge in [0.25, 0.3) is 0 Å². The number of hydrogen-bond acceptors (Lipinski definition) is 2. The highest BCUT2D eigenvalue weighted by Gasteiger charge is 2.43. The van der Waals surface area contributed by atoms with Crippen LogP contribution in [0, 0.1) is 33.1 Å². The van der Waals surface area contributed by atoms with E-state index in [0.29, 0.717) is 0 Å². The van der Waals surface area contributed by atoms with Gasteiger partial charge in [-0.05, 0) is 115 Å². The van der Waals surface area contributed by atoms with Crippen LogP contribution < -0.4 is 10.7 Å². The molecule has 45 heavy (non-hydrogen) atoms. The Morgan fingerprint density at radius 1 is 0.667 bits per heavy atom. The lowest BCUT2D eigenvalue weighted by molar-refractivity contribution is 0.377. The van der Waals surface area contributed by atoms with Gasteiger partial charge in [-0.2, -0.15) is 0 Å². The molecule has 2 aromatic heterocycles. The molecule has 4 aromatic rings. The number of rotatable bonds is 2. The van der Waals surface area contributed by atoms with Crippen LogP contribution >= 0.6 is 0 Å². The van der Waals surface area contributed by atoms with Gasteiger partial charge in [0.05, 0.1) is 23.2 Å². The van der Waals surface area contributed by atoms with Crippen LogP contribution in [0.5, 0.6) is 0 Å². The van der Waals surface area contributed by atoms with E-state index in [0.717, 1.165) is 39.9 Å². The minimum atomic E-state index is -0.248. The summed E-state index contributed by atoms with van der Waals surface area (Å²) in [7, 11) is 0. The zero-order chi connectivity index (χ0) is 31.6. The standard InChI is InChI=1S/C41H42N4/c1-23-24(2)32-20-34-27(5)28(6)36(44-34)22-38-41(7,8)40(39(29-15-11-9-12-16-29)30-17-13-10-14-18-30)37(45-38)21-35-26(4)25(3)33(43-35)19-31(23)42-32/h9-21,38,42,44H,22H2,1-8H3/b31-19?,32-20-,35-21-. The molecule has 2 aromatic carbocycles. The Morgan fingerprint density at radius 3 is 1.89 bits per heavy atom. The summed E-state index contributed by atoms with van der Waals surface area (Å²) in [5.74, 6) is 0. The maximum Gasteiger partial charge on any atom is 0.0691 e. The maximum atomic E-state index is 5.59. The summed E-state index contributed by atoms with van der Waals surface area (Å²) in [6.07, 6.45) is 7.56. The van der Waals surface area contributed by atoms with Crippen LogP contribution in [0.1, 0.15) is 72.5 Å². The monoisotopic (exact) mass is 590 g/mol. The molecule has 0 saturated carbocycles. The highest BCUT2D eigenvalue weighted by molar-refractivity contribution is 6.24. The van der Waals surface area contributed by atoms with Gasteiger partial charge in [0, 0.05) is 33.9 Å². The third kappa shape index (κ3) is 4.75. The summed E-state index contributed by atoms with van der Waals surface area (Å²) >= 11 is 0. The first-order chi connectivity index (χ1) is 21.5. The second-order valence-electron chi connectivity index (χ2n) is 13.5. The molecule has 3 aliphatic heterocycles. The molecule has 0 fully saturated rings. The molecule has 0 radical (unpaired) electrons. The average molecular weight is 591 g/mol. The molecule has 0 aliphatic carbocycles. The van der Waals surface area contributed by atoms with E-state index in [9.17, 15) is 0 Å². The van der Waals surface area contributed by atoms with Gasteiger partial charge in [-0.25, -0.2) is 4.99 Å². The first-order valence-corrected chi connectivity index (χ1v) is 16.0. The molecule has 0 spiro atoms. The van der Waals surface area contributed by atoms with Gasteiger partial charge >= 0.3 is 0 Å². The van der Waals surface area contributed by atoms with Crippen molar-refractivity contribution in [2.24, 2.45) is 15.4 Å². The fourth-order valence-electron chi connectivity index (χ4n) is 7.13. The number of aromatic amines is 2. The fourth-order valence-corrected chi connectivity index (χ4v) is 7.13. The summed E-state index contributed by atoms with van der Waals surface area (Å²) in [5, 5.41) is 2.24. The van der Waals surface area contributed by atoms with Gasteiger partial charge in [-0.3, -0.25) is 4.99 Å². The topological polar surface area (TPSA) is 56.3 Å². The largest absolute Gasteiger partial charge is 0.358 e. The van der Waals surface area contributed by atoms with Gasteiger partial charge in [0.1, 0.15) is 0 Å². The molecule has 5 heterocycles. The molecule has 1 unspecified atom stereocenters. The first kappa shape index (κ1) is 29.0. The van der Waals surface area contributed by atoms with Crippen molar-refractivity contribution < 1.29 is 0 Å². The van der Waals surface area contributed by atoms with Crippen LogP contribution in [0.3, 0.4) is 0 Å². The van der Waals surface area contributed by atoms with Crippen LogP contribution in [-0.2, 0) is 6.42 Å². The number of aliphatic imine (C=N–C) groups is 2. The van der Waals surface area contributed by atoms with E-state index in [4.69, 9.17) is 9.98 Å². The Balaban J connectivity index is 1.55. The molecule has 226 valence electrons. The van der Waals surface area contributed by atoms with Gasteiger partial charge in [-0.1, -0.05) is 74.5 Å². The molecular weight excluding hydrogens is 548 g/mol. The number of H-pyrrole nitrogens is 2. The number of hydrogen-bond donors (Lipinski definition) is 2. The van der Waals surface area contributed by atoms with Crippen LogP contribution in [-0.4, -0.2) is 27.4 Å². The van der Waals surface area contributed by atoms with Crippen LogP contribution in [0.15, 0.2) is 99.1 Å². The summed E-state index contributed by atoms with van der Waals surface area (Å²) in [4.78, 5) is 18.4. The molecule has 2 N–H and O–H groups in total. The van der Waals surface area contributed by atoms with Crippen molar-refractivity contribution in [1.29, 1.82) is 0 Å². The molecule has 1 atom stereocenters. The van der Waals surface area contributed by atoms with Gasteiger partial charge in [0.15, 0.2) is 0 Å². The second kappa shape index (κ2) is 10.7. The van der Waals surface area contributed by atoms with Crippen LogP contribution in [0.2, 0.25) is 0 Å².